The number of carbonyl (C=O) groups excluding carboxylic acids is 2. The van der Waals surface area contributed by atoms with Gasteiger partial charge >= 0.3 is 0 Å². The number of aromatic nitrogens is 2. The largest absolute Gasteiger partial charge is 0.274 e. The minimum Gasteiger partial charge on any atom is -0.274 e. The third kappa shape index (κ3) is 4.14. The van der Waals surface area contributed by atoms with Gasteiger partial charge in [0.15, 0.2) is 5.16 Å². The summed E-state index contributed by atoms with van der Waals surface area (Å²) in [5, 5.41) is 0.900. The molecule has 5 nitrogen and oxygen atoms in total. The van der Waals surface area contributed by atoms with E-state index < -0.39 is 5.25 Å². The predicted molar refractivity (Wildman–Crippen MR) is 132 cm³/mol. The first kappa shape index (κ1) is 21.3. The number of thioether (sulfide) groups is 1. The highest BCUT2D eigenvalue weighted by Gasteiger charge is 2.40. The van der Waals surface area contributed by atoms with Crippen molar-refractivity contribution in [3.05, 3.63) is 84.4 Å². The first-order chi connectivity index (χ1) is 16.0. The Bertz CT molecular complexity index is 1340. The summed E-state index contributed by atoms with van der Waals surface area (Å²) in [6.07, 6.45) is 0.131. The maximum atomic E-state index is 13.2. The van der Waals surface area contributed by atoms with E-state index in [2.05, 4.69) is 18.8 Å². The molecule has 0 spiro atoms. The molecule has 0 bridgehead atoms. The molecule has 1 fully saturated rings. The molecule has 0 saturated carbocycles. The Morgan fingerprint density at radius 3 is 2.30 bits per heavy atom. The van der Waals surface area contributed by atoms with E-state index in [1.807, 2.05) is 78.9 Å². The lowest BCUT2D eigenvalue weighted by atomic mass is 10.0. The molecule has 1 atom stereocenters. The monoisotopic (exact) mass is 453 g/mol. The molecular formula is C27H23N3O2S. The molecule has 0 N–H and O–H groups in total. The number of carbonyl (C=O) groups is 2. The van der Waals surface area contributed by atoms with Crippen LogP contribution in [0.15, 0.2) is 84.0 Å². The summed E-state index contributed by atoms with van der Waals surface area (Å²) < 4.78 is 0. The maximum absolute atomic E-state index is 13.2. The van der Waals surface area contributed by atoms with Crippen LogP contribution in [0.5, 0.6) is 0 Å². The molecule has 33 heavy (non-hydrogen) atoms. The van der Waals surface area contributed by atoms with Crippen LogP contribution in [0, 0.1) is 0 Å². The number of hydrogen-bond acceptors (Lipinski definition) is 5. The topological polar surface area (TPSA) is 63.2 Å². The van der Waals surface area contributed by atoms with Crippen LogP contribution in [0.2, 0.25) is 0 Å². The van der Waals surface area contributed by atoms with E-state index in [-0.39, 0.29) is 18.2 Å². The maximum Gasteiger partial charge on any atom is 0.247 e. The molecular weight excluding hydrogens is 430 g/mol. The average molecular weight is 454 g/mol. The Kier molecular flexibility index (Phi) is 5.68. The molecule has 3 aromatic carbocycles. The van der Waals surface area contributed by atoms with Gasteiger partial charge in [0.1, 0.15) is 5.25 Å². The molecule has 6 heteroatoms. The smallest absolute Gasteiger partial charge is 0.247 e. The first-order valence-electron chi connectivity index (χ1n) is 11.0. The van der Waals surface area contributed by atoms with Gasteiger partial charge < -0.3 is 0 Å². The van der Waals surface area contributed by atoms with Crippen LogP contribution < -0.4 is 4.90 Å². The van der Waals surface area contributed by atoms with Gasteiger partial charge in [-0.05, 0) is 29.7 Å². The van der Waals surface area contributed by atoms with Gasteiger partial charge in [0.05, 0.1) is 16.9 Å². The van der Waals surface area contributed by atoms with E-state index in [0.29, 0.717) is 16.8 Å². The van der Waals surface area contributed by atoms with Gasteiger partial charge in [-0.3, -0.25) is 9.59 Å². The number of rotatable bonds is 5. The van der Waals surface area contributed by atoms with Crippen LogP contribution in [0.3, 0.4) is 0 Å². The molecule has 2 heterocycles. The van der Waals surface area contributed by atoms with Crippen LogP contribution in [0.25, 0.3) is 22.2 Å². The van der Waals surface area contributed by atoms with E-state index in [1.54, 1.807) is 0 Å². The lowest BCUT2D eigenvalue weighted by molar-refractivity contribution is -0.121. The molecule has 164 valence electrons. The highest BCUT2D eigenvalue weighted by atomic mass is 32.2. The molecule has 0 radical (unpaired) electrons. The Hall–Kier alpha value is -3.51. The van der Waals surface area contributed by atoms with Crippen molar-refractivity contribution in [3.63, 3.8) is 0 Å². The number of para-hydroxylation sites is 1. The van der Waals surface area contributed by atoms with E-state index in [9.17, 15) is 9.59 Å². The van der Waals surface area contributed by atoms with Crippen molar-refractivity contribution in [1.82, 2.24) is 9.97 Å². The van der Waals surface area contributed by atoms with Crippen molar-refractivity contribution in [2.45, 2.75) is 36.6 Å². The third-order valence-electron chi connectivity index (χ3n) is 5.80. The summed E-state index contributed by atoms with van der Waals surface area (Å²) in [6.45, 7) is 4.22. The summed E-state index contributed by atoms with van der Waals surface area (Å²) in [6, 6.07) is 25.4. The number of anilines is 1. The van der Waals surface area contributed by atoms with Crippen molar-refractivity contribution >= 4 is 40.2 Å². The second-order valence-electron chi connectivity index (χ2n) is 8.36. The number of hydrogen-bond donors (Lipinski definition) is 0. The zero-order valence-corrected chi connectivity index (χ0v) is 19.3. The number of imide groups is 1. The summed E-state index contributed by atoms with van der Waals surface area (Å²) in [4.78, 5) is 36.7. The van der Waals surface area contributed by atoms with Gasteiger partial charge in [0, 0.05) is 17.4 Å². The first-order valence-corrected chi connectivity index (χ1v) is 11.8. The number of amides is 2. The molecule has 1 aliphatic rings. The van der Waals surface area contributed by atoms with E-state index in [4.69, 9.17) is 4.98 Å². The van der Waals surface area contributed by atoms with E-state index in [1.165, 1.54) is 22.2 Å². The Morgan fingerprint density at radius 2 is 1.58 bits per heavy atom. The van der Waals surface area contributed by atoms with Gasteiger partial charge in [-0.15, -0.1) is 0 Å². The second-order valence-corrected chi connectivity index (χ2v) is 9.53. The van der Waals surface area contributed by atoms with Crippen molar-refractivity contribution in [3.8, 4) is 11.3 Å². The second kappa shape index (κ2) is 8.79. The van der Waals surface area contributed by atoms with Crippen molar-refractivity contribution in [2.24, 2.45) is 0 Å². The molecule has 1 aliphatic heterocycles. The van der Waals surface area contributed by atoms with E-state index >= 15 is 0 Å². The third-order valence-corrected chi connectivity index (χ3v) is 6.85. The average Bonchev–Trinajstić information content (AvgIpc) is 3.11. The summed E-state index contributed by atoms with van der Waals surface area (Å²) in [5.74, 6) is -0.0321. The highest BCUT2D eigenvalue weighted by molar-refractivity contribution is 8.00. The molecule has 5 rings (SSSR count). The fourth-order valence-corrected chi connectivity index (χ4v) is 5.01. The van der Waals surface area contributed by atoms with Crippen LogP contribution in [-0.2, 0) is 9.59 Å². The lowest BCUT2D eigenvalue weighted by Gasteiger charge is -2.16. The standard InChI is InChI=1S/C27H23N3O2S/c1-17(2)18-12-14-20(15-13-18)30-24(31)16-23(26(30)32)33-27-28-22-11-7-6-10-21(22)25(29-27)19-8-4-3-5-9-19/h3-15,17,23H,16H2,1-2H3. The minimum atomic E-state index is -0.549. The van der Waals surface area contributed by atoms with Gasteiger partial charge in [0.2, 0.25) is 11.8 Å². The zero-order chi connectivity index (χ0) is 22.9. The predicted octanol–water partition coefficient (Wildman–Crippen LogP) is 5.84. The molecule has 0 aliphatic carbocycles. The van der Waals surface area contributed by atoms with Gasteiger partial charge in [-0.25, -0.2) is 14.9 Å². The minimum absolute atomic E-state index is 0.131. The summed E-state index contributed by atoms with van der Waals surface area (Å²) in [7, 11) is 0. The molecule has 4 aromatic rings. The molecule has 1 saturated heterocycles. The van der Waals surface area contributed by atoms with Crippen LogP contribution >= 0.6 is 11.8 Å². The summed E-state index contributed by atoms with van der Waals surface area (Å²) in [5.41, 5.74) is 4.40. The van der Waals surface area contributed by atoms with Gasteiger partial charge in [-0.1, -0.05) is 86.3 Å². The Balaban J connectivity index is 1.45. The summed E-state index contributed by atoms with van der Waals surface area (Å²) >= 11 is 1.26. The van der Waals surface area contributed by atoms with Crippen LogP contribution in [-0.4, -0.2) is 27.0 Å². The normalized spacial score (nSPS) is 16.2. The zero-order valence-electron chi connectivity index (χ0n) is 18.4. The number of benzene rings is 3. The molecule has 2 amide bonds. The number of nitrogens with zero attached hydrogens (tertiary/aromatic N) is 3. The van der Waals surface area contributed by atoms with E-state index in [0.717, 1.165) is 22.2 Å². The molecule has 1 unspecified atom stereocenters. The fraction of sp³-hybridized carbons (Fsp3) is 0.185. The molecule has 1 aromatic heterocycles. The lowest BCUT2D eigenvalue weighted by Crippen LogP contribution is -2.31. The van der Waals surface area contributed by atoms with Crippen molar-refractivity contribution in [2.75, 3.05) is 4.90 Å². The Morgan fingerprint density at radius 1 is 0.879 bits per heavy atom. The fourth-order valence-electron chi connectivity index (χ4n) is 4.03. The Labute approximate surface area is 196 Å². The van der Waals surface area contributed by atoms with Crippen molar-refractivity contribution in [1.29, 1.82) is 0 Å². The SMILES string of the molecule is CC(C)c1ccc(N2C(=O)CC(Sc3nc(-c4ccccc4)c4ccccc4n3)C2=O)cc1. The van der Waals surface area contributed by atoms with Gasteiger partial charge in [-0.2, -0.15) is 0 Å². The quantitative estimate of drug-likeness (QED) is 0.280. The van der Waals surface area contributed by atoms with Crippen molar-refractivity contribution < 1.29 is 9.59 Å². The van der Waals surface area contributed by atoms with Gasteiger partial charge in [0.25, 0.3) is 0 Å². The highest BCUT2D eigenvalue weighted by Crippen LogP contribution is 2.35. The van der Waals surface area contributed by atoms with Crippen LogP contribution in [0.4, 0.5) is 5.69 Å². The van der Waals surface area contributed by atoms with Crippen LogP contribution in [0.1, 0.15) is 31.7 Å². The number of fused-ring (bicyclic) bond motifs is 1.